The number of hydrogen-bond acceptors (Lipinski definition) is 4. The first-order valence-electron chi connectivity index (χ1n) is 8.44. The van der Waals surface area contributed by atoms with Crippen molar-refractivity contribution in [1.29, 1.82) is 0 Å². The molecule has 0 radical (unpaired) electrons. The summed E-state index contributed by atoms with van der Waals surface area (Å²) in [6.45, 7) is 4.20. The van der Waals surface area contributed by atoms with E-state index < -0.39 is 5.41 Å². The second kappa shape index (κ2) is 7.07. The SMILES string of the molecule is CN(C(=O)C(C)(C)C(=O)Nc1ccc2c(c1)OCCO2)c1ccccc1. The Morgan fingerprint density at radius 3 is 2.35 bits per heavy atom. The van der Waals surface area contributed by atoms with Gasteiger partial charge in [-0.3, -0.25) is 9.59 Å². The molecule has 0 bridgehead atoms. The average molecular weight is 354 g/mol. The van der Waals surface area contributed by atoms with Gasteiger partial charge in [0, 0.05) is 24.5 Å². The van der Waals surface area contributed by atoms with E-state index in [4.69, 9.17) is 9.47 Å². The maximum absolute atomic E-state index is 12.8. The lowest BCUT2D eigenvalue weighted by atomic mass is 9.90. The van der Waals surface area contributed by atoms with Crippen LogP contribution in [0.3, 0.4) is 0 Å². The lowest BCUT2D eigenvalue weighted by Crippen LogP contribution is -2.46. The third-order valence-electron chi connectivity index (χ3n) is 4.35. The third kappa shape index (κ3) is 3.49. The van der Waals surface area contributed by atoms with Crippen LogP contribution in [0.15, 0.2) is 48.5 Å². The first-order valence-corrected chi connectivity index (χ1v) is 8.44. The molecule has 0 aliphatic carbocycles. The van der Waals surface area contributed by atoms with Gasteiger partial charge in [-0.05, 0) is 38.1 Å². The number of para-hydroxylation sites is 1. The van der Waals surface area contributed by atoms with Crippen molar-refractivity contribution < 1.29 is 19.1 Å². The fourth-order valence-corrected chi connectivity index (χ4v) is 2.69. The molecule has 1 N–H and O–H groups in total. The predicted octanol–water partition coefficient (Wildman–Crippen LogP) is 3.09. The molecule has 0 unspecified atom stereocenters. The standard InChI is InChI=1S/C20H22N2O4/c1-20(2,19(24)22(3)15-7-5-4-6-8-15)18(23)21-14-9-10-16-17(13-14)26-12-11-25-16/h4-10,13H,11-12H2,1-3H3,(H,21,23). The van der Waals surface area contributed by atoms with E-state index in [1.54, 1.807) is 39.1 Å². The minimum absolute atomic E-state index is 0.293. The van der Waals surface area contributed by atoms with Gasteiger partial charge in [0.15, 0.2) is 11.5 Å². The summed E-state index contributed by atoms with van der Waals surface area (Å²) in [7, 11) is 1.66. The first kappa shape index (κ1) is 17.8. The first-order chi connectivity index (χ1) is 12.4. The van der Waals surface area contributed by atoms with Gasteiger partial charge in [0.2, 0.25) is 11.8 Å². The van der Waals surface area contributed by atoms with Crippen molar-refractivity contribution in [1.82, 2.24) is 0 Å². The Bertz CT molecular complexity index is 818. The number of carbonyl (C=O) groups is 2. The Morgan fingerprint density at radius 1 is 1.00 bits per heavy atom. The molecule has 0 fully saturated rings. The fourth-order valence-electron chi connectivity index (χ4n) is 2.69. The quantitative estimate of drug-likeness (QED) is 0.857. The van der Waals surface area contributed by atoms with Crippen LogP contribution in [0.4, 0.5) is 11.4 Å². The molecule has 1 aliphatic rings. The Kier molecular flexibility index (Phi) is 4.84. The van der Waals surface area contributed by atoms with Gasteiger partial charge in [-0.25, -0.2) is 0 Å². The molecule has 3 rings (SSSR count). The van der Waals surface area contributed by atoms with Crippen molar-refractivity contribution in [3.8, 4) is 11.5 Å². The molecular weight excluding hydrogens is 332 g/mol. The maximum atomic E-state index is 12.8. The second-order valence-corrected chi connectivity index (χ2v) is 6.64. The van der Waals surface area contributed by atoms with Crippen LogP contribution in [0.2, 0.25) is 0 Å². The summed E-state index contributed by atoms with van der Waals surface area (Å²) >= 11 is 0. The second-order valence-electron chi connectivity index (χ2n) is 6.64. The molecule has 26 heavy (non-hydrogen) atoms. The van der Waals surface area contributed by atoms with Gasteiger partial charge in [-0.1, -0.05) is 18.2 Å². The van der Waals surface area contributed by atoms with Crippen LogP contribution < -0.4 is 19.7 Å². The Balaban J connectivity index is 1.74. The zero-order valence-corrected chi connectivity index (χ0v) is 15.1. The van der Waals surface area contributed by atoms with E-state index >= 15 is 0 Å². The van der Waals surface area contributed by atoms with Crippen molar-refractivity contribution >= 4 is 23.2 Å². The normalized spacial score (nSPS) is 13.0. The van der Waals surface area contributed by atoms with Crippen LogP contribution >= 0.6 is 0 Å². The molecule has 0 atom stereocenters. The van der Waals surface area contributed by atoms with Crippen molar-refractivity contribution in [2.75, 3.05) is 30.5 Å². The maximum Gasteiger partial charge on any atom is 0.241 e. The monoisotopic (exact) mass is 354 g/mol. The van der Waals surface area contributed by atoms with Gasteiger partial charge in [0.1, 0.15) is 18.6 Å². The Morgan fingerprint density at radius 2 is 1.65 bits per heavy atom. The van der Waals surface area contributed by atoms with Crippen LogP contribution in [0.1, 0.15) is 13.8 Å². The fraction of sp³-hybridized carbons (Fsp3) is 0.300. The number of amides is 2. The van der Waals surface area contributed by atoms with E-state index in [9.17, 15) is 9.59 Å². The van der Waals surface area contributed by atoms with Crippen molar-refractivity contribution in [3.05, 3.63) is 48.5 Å². The molecule has 2 aromatic rings. The number of nitrogens with one attached hydrogen (secondary N) is 1. The number of carbonyl (C=O) groups excluding carboxylic acids is 2. The molecule has 6 heteroatoms. The molecule has 0 saturated carbocycles. The van der Waals surface area contributed by atoms with Crippen LogP contribution in [0.5, 0.6) is 11.5 Å². The summed E-state index contributed by atoms with van der Waals surface area (Å²) < 4.78 is 11.0. The van der Waals surface area contributed by atoms with E-state index in [-0.39, 0.29) is 11.8 Å². The van der Waals surface area contributed by atoms with Crippen LogP contribution in [0, 0.1) is 5.41 Å². The van der Waals surface area contributed by atoms with Crippen molar-refractivity contribution in [2.24, 2.45) is 5.41 Å². The lowest BCUT2D eigenvalue weighted by Gasteiger charge is -2.28. The molecule has 2 aromatic carbocycles. The number of rotatable bonds is 4. The van der Waals surface area contributed by atoms with Crippen molar-refractivity contribution in [3.63, 3.8) is 0 Å². The van der Waals surface area contributed by atoms with Crippen molar-refractivity contribution in [2.45, 2.75) is 13.8 Å². The molecule has 136 valence electrons. The van der Waals surface area contributed by atoms with Gasteiger partial charge >= 0.3 is 0 Å². The van der Waals surface area contributed by atoms with E-state index in [1.807, 2.05) is 30.3 Å². The number of benzene rings is 2. The van der Waals surface area contributed by atoms with E-state index in [0.29, 0.717) is 30.4 Å². The predicted molar refractivity (Wildman–Crippen MR) is 99.7 cm³/mol. The third-order valence-corrected chi connectivity index (χ3v) is 4.35. The number of nitrogens with zero attached hydrogens (tertiary/aromatic N) is 1. The van der Waals surface area contributed by atoms with Crippen LogP contribution in [0.25, 0.3) is 0 Å². The molecule has 1 heterocycles. The zero-order chi connectivity index (χ0) is 18.7. The number of ether oxygens (including phenoxy) is 2. The van der Waals surface area contributed by atoms with Crippen LogP contribution in [-0.2, 0) is 9.59 Å². The smallest absolute Gasteiger partial charge is 0.241 e. The van der Waals surface area contributed by atoms with Gasteiger partial charge in [0.05, 0.1) is 0 Å². The zero-order valence-electron chi connectivity index (χ0n) is 15.1. The van der Waals surface area contributed by atoms with E-state index in [0.717, 1.165) is 5.69 Å². The molecular formula is C20H22N2O4. The highest BCUT2D eigenvalue weighted by Gasteiger charge is 2.38. The largest absolute Gasteiger partial charge is 0.486 e. The summed E-state index contributed by atoms with van der Waals surface area (Å²) in [4.78, 5) is 27.1. The summed E-state index contributed by atoms with van der Waals surface area (Å²) in [6.07, 6.45) is 0. The molecule has 0 aromatic heterocycles. The number of fused-ring (bicyclic) bond motifs is 1. The highest BCUT2D eigenvalue weighted by Crippen LogP contribution is 2.33. The van der Waals surface area contributed by atoms with Crippen LogP contribution in [-0.4, -0.2) is 32.1 Å². The number of anilines is 2. The molecule has 2 amide bonds. The highest BCUT2D eigenvalue weighted by atomic mass is 16.6. The van der Waals surface area contributed by atoms with Gasteiger partial charge < -0.3 is 19.7 Å². The molecule has 0 saturated heterocycles. The van der Waals surface area contributed by atoms with E-state index in [2.05, 4.69) is 5.32 Å². The molecule has 6 nitrogen and oxygen atoms in total. The van der Waals surface area contributed by atoms with Gasteiger partial charge in [-0.2, -0.15) is 0 Å². The lowest BCUT2D eigenvalue weighted by molar-refractivity contribution is -0.136. The minimum Gasteiger partial charge on any atom is -0.486 e. The van der Waals surface area contributed by atoms with E-state index in [1.165, 1.54) is 4.90 Å². The number of hydrogen-bond donors (Lipinski definition) is 1. The summed E-state index contributed by atoms with van der Waals surface area (Å²) in [5.74, 6) is 0.550. The van der Waals surface area contributed by atoms with Gasteiger partial charge in [-0.15, -0.1) is 0 Å². The highest BCUT2D eigenvalue weighted by molar-refractivity contribution is 6.14. The molecule has 0 spiro atoms. The Hall–Kier alpha value is -3.02. The average Bonchev–Trinajstić information content (AvgIpc) is 2.67. The molecule has 1 aliphatic heterocycles. The minimum atomic E-state index is -1.24. The Labute approximate surface area is 152 Å². The van der Waals surface area contributed by atoms with Gasteiger partial charge in [0.25, 0.3) is 0 Å². The topological polar surface area (TPSA) is 67.9 Å². The summed E-state index contributed by atoms with van der Waals surface area (Å²) in [5, 5.41) is 2.80. The summed E-state index contributed by atoms with van der Waals surface area (Å²) in [5.41, 5.74) is 0.0536. The summed E-state index contributed by atoms with van der Waals surface area (Å²) in [6, 6.07) is 14.4.